The zero-order chi connectivity index (χ0) is 14.7. The number of hydrogen-bond donors (Lipinski definition) is 0. The van der Waals surface area contributed by atoms with Crippen molar-refractivity contribution in [1.82, 2.24) is 0 Å². The van der Waals surface area contributed by atoms with E-state index in [1.165, 1.54) is 12.1 Å². The molecule has 0 aromatic heterocycles. The van der Waals surface area contributed by atoms with Crippen LogP contribution in [0.4, 0.5) is 10.1 Å². The van der Waals surface area contributed by atoms with E-state index < -0.39 is 16.4 Å². The van der Waals surface area contributed by atoms with E-state index in [0.29, 0.717) is 11.1 Å². The number of halogens is 2. The molecule has 2 rings (SSSR count). The van der Waals surface area contributed by atoms with Crippen LogP contribution in [0.25, 0.3) is 0 Å². The highest BCUT2D eigenvalue weighted by Crippen LogP contribution is 2.34. The molecule has 0 bridgehead atoms. The molecule has 0 amide bonds. The first kappa shape index (κ1) is 14.5. The summed E-state index contributed by atoms with van der Waals surface area (Å²) in [5, 5.41) is 11.6. The summed E-state index contributed by atoms with van der Waals surface area (Å²) in [6, 6.07) is 8.80. The first-order valence-corrected chi connectivity index (χ1v) is 6.91. The lowest BCUT2D eigenvalue weighted by Gasteiger charge is -2.09. The fourth-order valence-corrected chi connectivity index (χ4v) is 2.37. The van der Waals surface area contributed by atoms with Crippen molar-refractivity contribution in [2.75, 3.05) is 0 Å². The molecule has 0 radical (unpaired) electrons. The van der Waals surface area contributed by atoms with E-state index in [2.05, 4.69) is 15.9 Å². The van der Waals surface area contributed by atoms with Crippen LogP contribution in [-0.2, 0) is 5.33 Å². The van der Waals surface area contributed by atoms with Crippen LogP contribution in [-0.4, -0.2) is 4.92 Å². The van der Waals surface area contributed by atoms with Crippen molar-refractivity contribution in [1.29, 1.82) is 0 Å². The molecular formula is C14H11BrFNO3. The average Bonchev–Trinajstić information content (AvgIpc) is 2.41. The third-order valence-electron chi connectivity index (χ3n) is 2.82. The van der Waals surface area contributed by atoms with Crippen molar-refractivity contribution in [3.63, 3.8) is 0 Å². The van der Waals surface area contributed by atoms with Gasteiger partial charge in [0.05, 0.1) is 4.92 Å². The first-order valence-electron chi connectivity index (χ1n) is 5.79. The minimum absolute atomic E-state index is 0.361. The monoisotopic (exact) mass is 339 g/mol. The first-order chi connectivity index (χ1) is 9.52. The van der Waals surface area contributed by atoms with Crippen molar-refractivity contribution >= 4 is 21.6 Å². The molecule has 0 aliphatic heterocycles. The second-order valence-corrected chi connectivity index (χ2v) is 4.73. The molecule has 2 aromatic carbocycles. The molecule has 20 heavy (non-hydrogen) atoms. The smallest absolute Gasteiger partial charge is 0.314 e. The molecule has 0 atom stereocenters. The zero-order valence-electron chi connectivity index (χ0n) is 10.6. The van der Waals surface area contributed by atoms with Crippen LogP contribution in [0.2, 0.25) is 0 Å². The van der Waals surface area contributed by atoms with Gasteiger partial charge in [0.1, 0.15) is 5.75 Å². The summed E-state index contributed by atoms with van der Waals surface area (Å²) in [6.45, 7) is 1.89. The second kappa shape index (κ2) is 6.00. The van der Waals surface area contributed by atoms with Gasteiger partial charge in [0, 0.05) is 11.4 Å². The maximum atomic E-state index is 13.7. The van der Waals surface area contributed by atoms with Gasteiger partial charge in [0.25, 0.3) is 0 Å². The van der Waals surface area contributed by atoms with Gasteiger partial charge in [-0.3, -0.25) is 10.1 Å². The Morgan fingerprint density at radius 3 is 2.70 bits per heavy atom. The topological polar surface area (TPSA) is 52.4 Å². The Balaban J connectivity index is 2.39. The predicted molar refractivity (Wildman–Crippen MR) is 76.9 cm³/mol. The van der Waals surface area contributed by atoms with E-state index in [1.807, 2.05) is 13.0 Å². The molecule has 0 spiro atoms. The Labute approximate surface area is 123 Å². The van der Waals surface area contributed by atoms with Gasteiger partial charge in [-0.15, -0.1) is 0 Å². The molecule has 0 fully saturated rings. The van der Waals surface area contributed by atoms with E-state index in [-0.39, 0.29) is 5.75 Å². The zero-order valence-corrected chi connectivity index (χ0v) is 12.2. The van der Waals surface area contributed by atoms with E-state index in [1.54, 1.807) is 12.1 Å². The van der Waals surface area contributed by atoms with Gasteiger partial charge < -0.3 is 4.74 Å². The Morgan fingerprint density at radius 2 is 2.10 bits per heavy atom. The summed E-state index contributed by atoms with van der Waals surface area (Å²) in [5.41, 5.74) is 1.63. The third-order valence-corrected chi connectivity index (χ3v) is 3.42. The minimum atomic E-state index is -0.763. The summed E-state index contributed by atoms with van der Waals surface area (Å²) in [4.78, 5) is 10.2. The van der Waals surface area contributed by atoms with E-state index in [9.17, 15) is 14.5 Å². The van der Waals surface area contributed by atoms with Gasteiger partial charge in [0.2, 0.25) is 5.75 Å². The molecule has 104 valence electrons. The Morgan fingerprint density at radius 1 is 1.35 bits per heavy atom. The maximum Gasteiger partial charge on any atom is 0.314 e. The fraction of sp³-hybridized carbons (Fsp3) is 0.143. The Hall–Kier alpha value is -1.95. The number of aryl methyl sites for hydroxylation is 1. The lowest BCUT2D eigenvalue weighted by Crippen LogP contribution is -1.96. The molecule has 0 heterocycles. The summed E-state index contributed by atoms with van der Waals surface area (Å²) < 4.78 is 19.1. The largest absolute Gasteiger partial charge is 0.447 e. The number of para-hydroxylation sites is 1. The number of hydrogen-bond acceptors (Lipinski definition) is 3. The molecule has 2 aromatic rings. The predicted octanol–water partition coefficient (Wildman–Crippen LogP) is 4.73. The number of alkyl halides is 1. The maximum absolute atomic E-state index is 13.7. The quantitative estimate of drug-likeness (QED) is 0.459. The summed E-state index contributed by atoms with van der Waals surface area (Å²) in [6.07, 6.45) is 0. The third kappa shape index (κ3) is 2.96. The fourth-order valence-electron chi connectivity index (χ4n) is 1.74. The van der Waals surface area contributed by atoms with Crippen molar-refractivity contribution in [3.05, 3.63) is 63.5 Å². The van der Waals surface area contributed by atoms with E-state index in [0.717, 1.165) is 17.2 Å². The lowest BCUT2D eigenvalue weighted by atomic mass is 10.1. The van der Waals surface area contributed by atoms with Gasteiger partial charge >= 0.3 is 5.69 Å². The van der Waals surface area contributed by atoms with Gasteiger partial charge in [0.15, 0.2) is 5.82 Å². The molecular weight excluding hydrogens is 329 g/mol. The van der Waals surface area contributed by atoms with Crippen molar-refractivity contribution in [3.8, 4) is 11.5 Å². The van der Waals surface area contributed by atoms with Crippen molar-refractivity contribution < 1.29 is 14.1 Å². The Kier molecular flexibility index (Phi) is 4.34. The van der Waals surface area contributed by atoms with Crippen LogP contribution in [0.1, 0.15) is 11.1 Å². The van der Waals surface area contributed by atoms with Crippen LogP contribution >= 0.6 is 15.9 Å². The molecule has 0 aliphatic carbocycles. The van der Waals surface area contributed by atoms with Crippen LogP contribution < -0.4 is 4.74 Å². The van der Waals surface area contributed by atoms with Gasteiger partial charge in [-0.05, 0) is 36.2 Å². The molecule has 0 unspecified atom stereocenters. The van der Waals surface area contributed by atoms with Crippen LogP contribution in [0.15, 0.2) is 36.4 Å². The van der Waals surface area contributed by atoms with Gasteiger partial charge in [-0.25, -0.2) is 4.39 Å². The Bertz CT molecular complexity index is 661. The molecule has 0 saturated carbocycles. The van der Waals surface area contributed by atoms with Gasteiger partial charge in [-0.2, -0.15) is 0 Å². The van der Waals surface area contributed by atoms with Crippen LogP contribution in [0.5, 0.6) is 11.5 Å². The SMILES string of the molecule is Cc1cc(Oc2c(F)cccc2[N+](=O)[O-])ccc1CBr. The van der Waals surface area contributed by atoms with Crippen molar-refractivity contribution in [2.45, 2.75) is 12.3 Å². The highest BCUT2D eigenvalue weighted by Gasteiger charge is 2.20. The average molecular weight is 340 g/mol. The van der Waals surface area contributed by atoms with Crippen LogP contribution in [0, 0.1) is 22.9 Å². The number of ether oxygens (including phenoxy) is 1. The number of nitrogens with zero attached hydrogens (tertiary/aromatic N) is 1. The van der Waals surface area contributed by atoms with Gasteiger partial charge in [-0.1, -0.05) is 28.1 Å². The standard InChI is InChI=1S/C14H11BrFNO3/c1-9-7-11(6-5-10(9)8-15)20-14-12(16)3-2-4-13(14)17(18)19/h2-7H,8H2,1H3. The lowest BCUT2D eigenvalue weighted by molar-refractivity contribution is -0.385. The number of benzene rings is 2. The number of rotatable bonds is 4. The number of nitro groups is 1. The van der Waals surface area contributed by atoms with Crippen molar-refractivity contribution in [2.24, 2.45) is 0 Å². The molecule has 0 saturated heterocycles. The number of nitro benzene ring substituents is 1. The molecule has 4 nitrogen and oxygen atoms in total. The highest BCUT2D eigenvalue weighted by atomic mass is 79.9. The summed E-state index contributed by atoms with van der Waals surface area (Å²) >= 11 is 3.35. The normalized spacial score (nSPS) is 10.3. The van der Waals surface area contributed by atoms with E-state index in [4.69, 9.17) is 4.74 Å². The molecule has 6 heteroatoms. The summed E-state index contributed by atoms with van der Waals surface area (Å²) in [7, 11) is 0. The minimum Gasteiger partial charge on any atom is -0.447 e. The molecule has 0 aliphatic rings. The second-order valence-electron chi connectivity index (χ2n) is 4.17. The van der Waals surface area contributed by atoms with Crippen LogP contribution in [0.3, 0.4) is 0 Å². The molecule has 0 N–H and O–H groups in total. The highest BCUT2D eigenvalue weighted by molar-refractivity contribution is 9.08. The summed E-state index contributed by atoms with van der Waals surface area (Å²) in [5.74, 6) is -0.773. The van der Waals surface area contributed by atoms with E-state index >= 15 is 0 Å².